The van der Waals surface area contributed by atoms with Crippen LogP contribution in [0.25, 0.3) is 0 Å². The van der Waals surface area contributed by atoms with Gasteiger partial charge in [-0.3, -0.25) is 9.80 Å². The summed E-state index contributed by atoms with van der Waals surface area (Å²) in [4.78, 5) is 5.41. The molecule has 2 rings (SSSR count). The summed E-state index contributed by atoms with van der Waals surface area (Å²) in [7, 11) is 0. The fourth-order valence-corrected chi connectivity index (χ4v) is 4.46. The van der Waals surface area contributed by atoms with Crippen LogP contribution in [0.3, 0.4) is 0 Å². The molecule has 0 aromatic heterocycles. The number of hydrogen-bond donors (Lipinski definition) is 0. The smallest absolute Gasteiger partial charge is 0.0198 e. The lowest BCUT2D eigenvalue weighted by atomic mass is 9.86. The van der Waals surface area contributed by atoms with Gasteiger partial charge in [0.1, 0.15) is 0 Å². The first-order valence-corrected chi connectivity index (χ1v) is 11.3. The van der Waals surface area contributed by atoms with E-state index in [-0.39, 0.29) is 0 Å². The van der Waals surface area contributed by atoms with Crippen molar-refractivity contribution >= 4 is 0 Å². The zero-order chi connectivity index (χ0) is 18.8. The van der Waals surface area contributed by atoms with E-state index in [2.05, 4.69) is 58.3 Å². The summed E-state index contributed by atoms with van der Waals surface area (Å²) < 4.78 is 0. The van der Waals surface area contributed by atoms with Crippen molar-refractivity contribution in [1.29, 1.82) is 0 Å². The van der Waals surface area contributed by atoms with Gasteiger partial charge in [0.05, 0.1) is 0 Å². The van der Waals surface area contributed by atoms with E-state index in [1.807, 2.05) is 0 Å². The van der Waals surface area contributed by atoms with Gasteiger partial charge in [0, 0.05) is 31.2 Å². The Morgan fingerprint density at radius 3 is 1.80 bits per heavy atom. The van der Waals surface area contributed by atoms with E-state index in [4.69, 9.17) is 0 Å². The number of unbranched alkanes of at least 4 members (excludes halogenated alkanes) is 1. The van der Waals surface area contributed by atoms with Crippen molar-refractivity contribution in [1.82, 2.24) is 9.80 Å². The molecule has 0 radical (unpaired) electrons. The van der Waals surface area contributed by atoms with Crippen LogP contribution in [0.1, 0.15) is 99.8 Å². The molecule has 2 heteroatoms. The van der Waals surface area contributed by atoms with Crippen molar-refractivity contribution in [3.63, 3.8) is 0 Å². The first-order chi connectivity index (χ1) is 11.8. The summed E-state index contributed by atoms with van der Waals surface area (Å²) in [5, 5.41) is 0. The molecule has 0 amide bonds. The normalized spacial score (nSPS) is 26.8. The zero-order valence-corrected chi connectivity index (χ0v) is 18.6. The lowest BCUT2D eigenvalue weighted by molar-refractivity contribution is 0.0226. The molecule has 1 heterocycles. The molecule has 2 atom stereocenters. The zero-order valence-electron chi connectivity index (χ0n) is 18.6. The predicted molar refractivity (Wildman–Crippen MR) is 113 cm³/mol. The molecule has 2 fully saturated rings. The molecule has 1 unspecified atom stereocenters. The number of rotatable bonds is 6. The van der Waals surface area contributed by atoms with E-state index < -0.39 is 0 Å². The largest absolute Gasteiger partial charge is 0.298 e. The fraction of sp³-hybridized carbons (Fsp3) is 1.00. The van der Waals surface area contributed by atoms with Crippen LogP contribution in [0, 0.1) is 11.8 Å². The fourth-order valence-electron chi connectivity index (χ4n) is 4.46. The number of piperazine rings is 1. The Kier molecular flexibility index (Phi) is 11.3. The molecule has 25 heavy (non-hydrogen) atoms. The second-order valence-electron chi connectivity index (χ2n) is 9.72. The monoisotopic (exact) mass is 352 g/mol. The van der Waals surface area contributed by atoms with E-state index in [1.165, 1.54) is 71.0 Å². The second kappa shape index (κ2) is 12.3. The lowest BCUT2D eigenvalue weighted by Gasteiger charge is -2.46. The van der Waals surface area contributed by atoms with Gasteiger partial charge in [-0.2, -0.15) is 0 Å². The topological polar surface area (TPSA) is 6.48 Å². The van der Waals surface area contributed by atoms with Gasteiger partial charge in [0.25, 0.3) is 0 Å². The Balaban J connectivity index is 0.000000705. The molecule has 0 aromatic carbocycles. The maximum absolute atomic E-state index is 2.76. The summed E-state index contributed by atoms with van der Waals surface area (Å²) >= 11 is 0. The molecule has 1 aliphatic heterocycles. The Hall–Kier alpha value is -0.0800. The quantitative estimate of drug-likeness (QED) is 0.525. The van der Waals surface area contributed by atoms with E-state index in [9.17, 15) is 0 Å². The standard InChI is InChI=1S/C19H38N2.C4H10/c1-16(2)20-14-17(3)21(18(4)15-20)13-9-8-12-19-10-6-5-7-11-19;1-4(2)3/h16-19H,5-15H2,1-4H3;4H,1-3H3/t17-,18?;/m0./s1. The third-order valence-corrected chi connectivity index (χ3v) is 5.86. The van der Waals surface area contributed by atoms with Gasteiger partial charge in [-0.1, -0.05) is 65.7 Å². The molecule has 1 saturated carbocycles. The van der Waals surface area contributed by atoms with Crippen molar-refractivity contribution in [2.75, 3.05) is 19.6 Å². The van der Waals surface area contributed by atoms with Crippen LogP contribution in [0.4, 0.5) is 0 Å². The van der Waals surface area contributed by atoms with Crippen LogP contribution >= 0.6 is 0 Å². The minimum atomic E-state index is 0.698. The first kappa shape index (κ1) is 23.0. The average molecular weight is 353 g/mol. The van der Waals surface area contributed by atoms with Crippen molar-refractivity contribution in [2.24, 2.45) is 11.8 Å². The van der Waals surface area contributed by atoms with E-state index >= 15 is 0 Å². The molecular formula is C23H48N2. The summed E-state index contributed by atoms with van der Waals surface area (Å²) in [6.45, 7) is 19.8. The molecule has 0 N–H and O–H groups in total. The molecule has 0 spiro atoms. The molecule has 1 saturated heterocycles. The minimum absolute atomic E-state index is 0.698. The molecule has 150 valence electrons. The molecule has 0 aromatic rings. The highest BCUT2D eigenvalue weighted by Crippen LogP contribution is 2.28. The van der Waals surface area contributed by atoms with Gasteiger partial charge in [-0.25, -0.2) is 0 Å². The molecule has 2 nitrogen and oxygen atoms in total. The predicted octanol–water partition coefficient (Wildman–Crippen LogP) is 6.20. The van der Waals surface area contributed by atoms with Gasteiger partial charge >= 0.3 is 0 Å². The second-order valence-corrected chi connectivity index (χ2v) is 9.72. The summed E-state index contributed by atoms with van der Waals surface area (Å²) in [5.74, 6) is 1.89. The van der Waals surface area contributed by atoms with E-state index in [0.29, 0.717) is 6.04 Å². The third-order valence-electron chi connectivity index (χ3n) is 5.86. The Morgan fingerprint density at radius 1 is 0.800 bits per heavy atom. The number of hydrogen-bond acceptors (Lipinski definition) is 2. The Labute approximate surface area is 159 Å². The number of nitrogens with zero attached hydrogens (tertiary/aromatic N) is 2. The van der Waals surface area contributed by atoms with Crippen molar-refractivity contribution in [2.45, 2.75) is 118 Å². The van der Waals surface area contributed by atoms with Crippen LogP contribution in [-0.4, -0.2) is 47.6 Å². The maximum Gasteiger partial charge on any atom is 0.0198 e. The van der Waals surface area contributed by atoms with Crippen LogP contribution in [-0.2, 0) is 0 Å². The summed E-state index contributed by atoms with van der Waals surface area (Å²) in [6, 6.07) is 2.15. The minimum Gasteiger partial charge on any atom is -0.298 e. The van der Waals surface area contributed by atoms with Crippen molar-refractivity contribution in [3.05, 3.63) is 0 Å². The van der Waals surface area contributed by atoms with Crippen LogP contribution < -0.4 is 0 Å². The summed E-state index contributed by atoms with van der Waals surface area (Å²) in [5.41, 5.74) is 0. The maximum atomic E-state index is 2.76. The highest BCUT2D eigenvalue weighted by molar-refractivity contribution is 4.86. The van der Waals surface area contributed by atoms with E-state index in [0.717, 1.165) is 23.9 Å². The van der Waals surface area contributed by atoms with Crippen molar-refractivity contribution < 1.29 is 0 Å². The van der Waals surface area contributed by atoms with Crippen LogP contribution in [0.5, 0.6) is 0 Å². The van der Waals surface area contributed by atoms with Gasteiger partial charge in [0.15, 0.2) is 0 Å². The van der Waals surface area contributed by atoms with Crippen LogP contribution in [0.15, 0.2) is 0 Å². The van der Waals surface area contributed by atoms with E-state index in [1.54, 1.807) is 0 Å². The highest BCUT2D eigenvalue weighted by atomic mass is 15.3. The molecular weight excluding hydrogens is 304 g/mol. The average Bonchev–Trinajstić information content (AvgIpc) is 2.53. The Morgan fingerprint density at radius 2 is 1.32 bits per heavy atom. The lowest BCUT2D eigenvalue weighted by Crippen LogP contribution is -2.58. The molecule has 1 aliphatic carbocycles. The summed E-state index contributed by atoms with van der Waals surface area (Å²) in [6.07, 6.45) is 11.9. The van der Waals surface area contributed by atoms with Gasteiger partial charge < -0.3 is 0 Å². The Bertz CT molecular complexity index is 305. The van der Waals surface area contributed by atoms with Crippen molar-refractivity contribution in [3.8, 4) is 0 Å². The SMILES string of the molecule is CC(C)C.CC(C)N1CC(C)N(CCCCC2CCCCC2)[C@@H](C)C1. The molecule has 2 aliphatic rings. The first-order valence-electron chi connectivity index (χ1n) is 11.3. The van der Waals surface area contributed by atoms with Gasteiger partial charge in [-0.15, -0.1) is 0 Å². The van der Waals surface area contributed by atoms with Gasteiger partial charge in [-0.05, 0) is 52.5 Å². The third kappa shape index (κ3) is 9.43. The highest BCUT2D eigenvalue weighted by Gasteiger charge is 2.29. The van der Waals surface area contributed by atoms with Crippen LogP contribution in [0.2, 0.25) is 0 Å². The molecule has 0 bridgehead atoms. The van der Waals surface area contributed by atoms with Gasteiger partial charge in [0.2, 0.25) is 0 Å².